The van der Waals surface area contributed by atoms with E-state index < -0.39 is 32.5 Å². The summed E-state index contributed by atoms with van der Waals surface area (Å²) in [6.07, 6.45) is 0. The van der Waals surface area contributed by atoms with E-state index in [1.165, 1.54) is 0 Å². The van der Waals surface area contributed by atoms with E-state index in [9.17, 15) is 22.0 Å². The molecule has 0 bridgehead atoms. The molecule has 2 N–H and O–H groups in total. The molecule has 1 amide bonds. The van der Waals surface area contributed by atoms with Crippen LogP contribution in [-0.4, -0.2) is 18.9 Å². The predicted molar refractivity (Wildman–Crippen MR) is 99.4 cm³/mol. The molecule has 1 heterocycles. The number of halogens is 2. The lowest BCUT2D eigenvalue weighted by Gasteiger charge is -2.11. The largest absolute Gasteiger partial charge is 0.318 e. The van der Waals surface area contributed by atoms with Crippen LogP contribution < -0.4 is 10.3 Å². The molecule has 6 nitrogen and oxygen atoms in total. The van der Waals surface area contributed by atoms with Gasteiger partial charge in [-0.2, -0.15) is 0 Å². The molecule has 146 valence electrons. The molecule has 3 rings (SSSR count). The molecule has 0 aliphatic rings. The monoisotopic (exact) mass is 405 g/mol. The van der Waals surface area contributed by atoms with E-state index >= 15 is 0 Å². The van der Waals surface area contributed by atoms with Gasteiger partial charge in [0, 0.05) is 23.1 Å². The molecular formula is C19H17F2N3O3S. The van der Waals surface area contributed by atoms with Gasteiger partial charge in [0.2, 0.25) is 0 Å². The maximum atomic E-state index is 13.7. The maximum absolute atomic E-state index is 13.7. The van der Waals surface area contributed by atoms with E-state index in [0.717, 1.165) is 23.5 Å². The molecule has 0 aliphatic heterocycles. The van der Waals surface area contributed by atoms with Gasteiger partial charge in [-0.05, 0) is 44.2 Å². The zero-order chi connectivity index (χ0) is 20.5. The van der Waals surface area contributed by atoms with Crippen LogP contribution in [0.5, 0.6) is 0 Å². The zero-order valence-corrected chi connectivity index (χ0v) is 15.8. The molecule has 3 aromatic rings. The molecule has 9 heteroatoms. The van der Waals surface area contributed by atoms with Crippen molar-refractivity contribution >= 4 is 15.9 Å². The van der Waals surface area contributed by atoms with Crippen molar-refractivity contribution in [3.8, 4) is 5.69 Å². The minimum absolute atomic E-state index is 0.253. The summed E-state index contributed by atoms with van der Waals surface area (Å²) in [5.41, 5.74) is 4.55. The second-order valence-electron chi connectivity index (χ2n) is 6.09. The van der Waals surface area contributed by atoms with Crippen molar-refractivity contribution in [2.24, 2.45) is 0 Å². The van der Waals surface area contributed by atoms with E-state index in [4.69, 9.17) is 0 Å². The number of carbonyl (C=O) groups excluding carboxylic acids is 1. The van der Waals surface area contributed by atoms with E-state index in [1.807, 2.05) is 46.7 Å². The van der Waals surface area contributed by atoms with Crippen LogP contribution in [0.15, 0.2) is 59.5 Å². The van der Waals surface area contributed by atoms with Crippen molar-refractivity contribution in [2.45, 2.75) is 18.7 Å². The molecule has 0 atom stereocenters. The molecule has 2 aromatic carbocycles. The molecule has 0 saturated carbocycles. The van der Waals surface area contributed by atoms with Crippen molar-refractivity contribution in [3.05, 3.63) is 83.2 Å². The smallest absolute Gasteiger partial charge is 0.268 e. The van der Waals surface area contributed by atoms with Gasteiger partial charge in [0.05, 0.1) is 5.56 Å². The Morgan fingerprint density at radius 2 is 1.68 bits per heavy atom. The number of nitrogens with zero attached hydrogens (tertiary/aromatic N) is 1. The van der Waals surface area contributed by atoms with Crippen molar-refractivity contribution < 1.29 is 22.0 Å². The molecule has 0 saturated heterocycles. The second kappa shape index (κ2) is 7.53. The topological polar surface area (TPSA) is 80.2 Å². The SMILES string of the molecule is Cc1cc(C(=O)NNS(=O)(=O)c2ccc(F)cc2F)c(C)n1-c1ccccc1. The van der Waals surface area contributed by atoms with Crippen LogP contribution in [0.25, 0.3) is 5.69 Å². The molecule has 0 fully saturated rings. The Hall–Kier alpha value is -3.04. The fraction of sp³-hybridized carbons (Fsp3) is 0.105. The summed E-state index contributed by atoms with van der Waals surface area (Å²) in [6, 6.07) is 13.0. The van der Waals surface area contributed by atoms with E-state index in [2.05, 4.69) is 5.43 Å². The number of benzene rings is 2. The molecule has 0 unspecified atom stereocenters. The maximum Gasteiger partial charge on any atom is 0.268 e. The lowest BCUT2D eigenvalue weighted by molar-refractivity contribution is 0.0944. The minimum atomic E-state index is -4.41. The summed E-state index contributed by atoms with van der Waals surface area (Å²) in [6.45, 7) is 3.54. The number of carbonyl (C=O) groups is 1. The number of aromatic nitrogens is 1. The lowest BCUT2D eigenvalue weighted by atomic mass is 10.2. The third kappa shape index (κ3) is 3.80. The molecule has 28 heavy (non-hydrogen) atoms. The first-order valence-electron chi connectivity index (χ1n) is 8.22. The van der Waals surface area contributed by atoms with Crippen LogP contribution in [0.2, 0.25) is 0 Å². The van der Waals surface area contributed by atoms with Gasteiger partial charge in [-0.15, -0.1) is 4.83 Å². The van der Waals surface area contributed by atoms with Gasteiger partial charge in [0.25, 0.3) is 15.9 Å². The standard InChI is InChI=1S/C19H17F2N3O3S/c1-12-10-16(13(2)24(12)15-6-4-3-5-7-15)19(25)22-23-28(26,27)18-9-8-14(20)11-17(18)21/h3-11,23H,1-2H3,(H,22,25). The minimum Gasteiger partial charge on any atom is -0.318 e. The summed E-state index contributed by atoms with van der Waals surface area (Å²) < 4.78 is 52.9. The first-order valence-corrected chi connectivity index (χ1v) is 9.70. The molecular weight excluding hydrogens is 388 g/mol. The number of hydrogen-bond acceptors (Lipinski definition) is 3. The third-order valence-corrected chi connectivity index (χ3v) is 5.45. The summed E-state index contributed by atoms with van der Waals surface area (Å²) in [5, 5.41) is 0. The highest BCUT2D eigenvalue weighted by Gasteiger charge is 2.22. The second-order valence-corrected chi connectivity index (χ2v) is 7.74. The van der Waals surface area contributed by atoms with Gasteiger partial charge < -0.3 is 4.57 Å². The average Bonchev–Trinajstić information content (AvgIpc) is 2.94. The van der Waals surface area contributed by atoms with E-state index in [-0.39, 0.29) is 5.56 Å². The van der Waals surface area contributed by atoms with Crippen molar-refractivity contribution in [3.63, 3.8) is 0 Å². The summed E-state index contributed by atoms with van der Waals surface area (Å²) in [7, 11) is -4.41. The zero-order valence-electron chi connectivity index (χ0n) is 15.0. The van der Waals surface area contributed by atoms with E-state index in [1.54, 1.807) is 13.0 Å². The third-order valence-electron chi connectivity index (χ3n) is 4.17. The molecule has 1 aromatic heterocycles. The summed E-state index contributed by atoms with van der Waals surface area (Å²) in [5.74, 6) is -2.88. The normalized spacial score (nSPS) is 11.4. The van der Waals surface area contributed by atoms with Gasteiger partial charge in [0.1, 0.15) is 16.5 Å². The number of nitrogens with one attached hydrogen (secondary N) is 2. The Kier molecular flexibility index (Phi) is 5.30. The predicted octanol–water partition coefficient (Wildman–Crippen LogP) is 3.00. The molecule has 0 aliphatic carbocycles. The van der Waals surface area contributed by atoms with Crippen LogP contribution in [0.3, 0.4) is 0 Å². The van der Waals surface area contributed by atoms with Gasteiger partial charge in [-0.25, -0.2) is 17.2 Å². The fourth-order valence-electron chi connectivity index (χ4n) is 2.90. The molecule has 0 spiro atoms. The van der Waals surface area contributed by atoms with Crippen molar-refractivity contribution in [1.29, 1.82) is 0 Å². The first-order chi connectivity index (χ1) is 13.2. The number of rotatable bonds is 5. The van der Waals surface area contributed by atoms with Crippen LogP contribution in [0.1, 0.15) is 21.7 Å². The summed E-state index contributed by atoms with van der Waals surface area (Å²) in [4.78, 5) is 13.5. The number of hydrazine groups is 1. The van der Waals surface area contributed by atoms with Crippen LogP contribution in [-0.2, 0) is 10.0 Å². The first kappa shape index (κ1) is 19.7. The van der Waals surface area contributed by atoms with Gasteiger partial charge in [-0.3, -0.25) is 10.2 Å². The summed E-state index contributed by atoms with van der Waals surface area (Å²) >= 11 is 0. The number of sulfonamides is 1. The highest BCUT2D eigenvalue weighted by molar-refractivity contribution is 7.89. The highest BCUT2D eigenvalue weighted by atomic mass is 32.2. The quantitative estimate of drug-likeness (QED) is 0.641. The Labute approximate surface area is 160 Å². The number of hydrogen-bond donors (Lipinski definition) is 2. The Morgan fingerprint density at radius 1 is 1.00 bits per heavy atom. The number of amides is 1. The average molecular weight is 405 g/mol. The Morgan fingerprint density at radius 3 is 2.32 bits per heavy atom. The Bertz CT molecular complexity index is 1140. The van der Waals surface area contributed by atoms with Gasteiger partial charge in [0.15, 0.2) is 0 Å². The van der Waals surface area contributed by atoms with Gasteiger partial charge >= 0.3 is 0 Å². The highest BCUT2D eigenvalue weighted by Crippen LogP contribution is 2.21. The Balaban J connectivity index is 1.82. The van der Waals surface area contributed by atoms with Crippen LogP contribution >= 0.6 is 0 Å². The molecule has 0 radical (unpaired) electrons. The van der Waals surface area contributed by atoms with E-state index in [0.29, 0.717) is 11.8 Å². The van der Waals surface area contributed by atoms with Crippen LogP contribution in [0, 0.1) is 25.5 Å². The number of aryl methyl sites for hydroxylation is 1. The van der Waals surface area contributed by atoms with Crippen LogP contribution in [0.4, 0.5) is 8.78 Å². The van der Waals surface area contributed by atoms with Crippen molar-refractivity contribution in [2.75, 3.05) is 0 Å². The fourth-order valence-corrected chi connectivity index (χ4v) is 3.80. The van der Waals surface area contributed by atoms with Crippen molar-refractivity contribution in [1.82, 2.24) is 14.8 Å². The number of para-hydroxylation sites is 1. The van der Waals surface area contributed by atoms with Gasteiger partial charge in [-0.1, -0.05) is 18.2 Å². The lowest BCUT2D eigenvalue weighted by Crippen LogP contribution is -2.42.